The van der Waals surface area contributed by atoms with Gasteiger partial charge in [0.05, 0.1) is 5.56 Å². The zero-order chi connectivity index (χ0) is 12.5. The van der Waals surface area contributed by atoms with Gasteiger partial charge in [-0.1, -0.05) is 6.92 Å². The summed E-state index contributed by atoms with van der Waals surface area (Å²) in [4.78, 5) is 15.6. The number of thioether (sulfide) groups is 1. The fourth-order valence-electron chi connectivity index (χ4n) is 2.27. The highest BCUT2D eigenvalue weighted by Gasteiger charge is 2.22. The van der Waals surface area contributed by atoms with Crippen molar-refractivity contribution in [2.45, 2.75) is 18.6 Å². The average molecular weight is 280 g/mol. The number of nitrogens with zero attached hydrogens (tertiary/aromatic N) is 2. The van der Waals surface area contributed by atoms with Crippen molar-refractivity contribution >= 4 is 33.8 Å². The molecule has 96 valence electrons. The predicted octanol–water partition coefficient (Wildman–Crippen LogP) is 2.97. The molecule has 1 fully saturated rings. The van der Waals surface area contributed by atoms with E-state index in [-0.39, 0.29) is 5.91 Å². The van der Waals surface area contributed by atoms with Crippen molar-refractivity contribution in [3.05, 3.63) is 29.4 Å². The number of aromatic nitrogens is 1. The first kappa shape index (κ1) is 12.1. The Labute approximate surface area is 115 Å². The highest BCUT2D eigenvalue weighted by molar-refractivity contribution is 7.99. The lowest BCUT2D eigenvalue weighted by atomic mass is 10.2. The summed E-state index contributed by atoms with van der Waals surface area (Å²) < 4.78 is 2.02. The van der Waals surface area contributed by atoms with Crippen molar-refractivity contribution in [2.75, 3.05) is 18.8 Å². The monoisotopic (exact) mass is 280 g/mol. The molecule has 2 aromatic heterocycles. The highest BCUT2D eigenvalue weighted by atomic mass is 32.2. The molecule has 1 aliphatic heterocycles. The number of carbonyl (C=O) groups is 1. The average Bonchev–Trinajstić information content (AvgIpc) is 2.89. The Morgan fingerprint density at radius 3 is 3.17 bits per heavy atom. The van der Waals surface area contributed by atoms with Gasteiger partial charge in [0.25, 0.3) is 5.91 Å². The van der Waals surface area contributed by atoms with Crippen LogP contribution in [0.5, 0.6) is 0 Å². The fraction of sp³-hybridized carbons (Fsp3) is 0.462. The largest absolute Gasteiger partial charge is 0.338 e. The molecule has 0 N–H and O–H groups in total. The lowest BCUT2D eigenvalue weighted by molar-refractivity contribution is 0.0769. The second kappa shape index (κ2) is 4.97. The maximum atomic E-state index is 12.5. The summed E-state index contributed by atoms with van der Waals surface area (Å²) in [7, 11) is 0. The Hall–Kier alpha value is -0.940. The summed E-state index contributed by atoms with van der Waals surface area (Å²) in [5.74, 6) is 1.24. The molecule has 0 saturated carbocycles. The van der Waals surface area contributed by atoms with E-state index >= 15 is 0 Å². The van der Waals surface area contributed by atoms with Crippen LogP contribution < -0.4 is 0 Å². The molecule has 1 atom stereocenters. The molecule has 1 unspecified atom stereocenters. The smallest absolute Gasteiger partial charge is 0.256 e. The van der Waals surface area contributed by atoms with Gasteiger partial charge in [0.1, 0.15) is 4.83 Å². The van der Waals surface area contributed by atoms with E-state index in [0.29, 0.717) is 5.25 Å². The lowest BCUT2D eigenvalue weighted by Gasteiger charge is -2.19. The van der Waals surface area contributed by atoms with Crippen LogP contribution in [0.4, 0.5) is 0 Å². The minimum Gasteiger partial charge on any atom is -0.338 e. The Balaban J connectivity index is 1.84. The molecule has 1 amide bonds. The van der Waals surface area contributed by atoms with Crippen molar-refractivity contribution in [3.8, 4) is 0 Å². The van der Waals surface area contributed by atoms with Crippen LogP contribution in [0.3, 0.4) is 0 Å². The first-order chi connectivity index (χ1) is 8.75. The molecule has 18 heavy (non-hydrogen) atoms. The topological polar surface area (TPSA) is 24.7 Å². The van der Waals surface area contributed by atoms with Crippen LogP contribution in [0.25, 0.3) is 4.83 Å². The van der Waals surface area contributed by atoms with E-state index in [9.17, 15) is 4.79 Å². The maximum Gasteiger partial charge on any atom is 0.256 e. The van der Waals surface area contributed by atoms with Crippen LogP contribution in [0.15, 0.2) is 23.8 Å². The van der Waals surface area contributed by atoms with E-state index in [1.807, 2.05) is 44.9 Å². The van der Waals surface area contributed by atoms with E-state index in [4.69, 9.17) is 0 Å². The van der Waals surface area contributed by atoms with Crippen LogP contribution in [0.2, 0.25) is 0 Å². The lowest BCUT2D eigenvalue weighted by Crippen LogP contribution is -2.32. The van der Waals surface area contributed by atoms with Gasteiger partial charge in [0.2, 0.25) is 0 Å². The van der Waals surface area contributed by atoms with Crippen LogP contribution in [-0.4, -0.2) is 39.3 Å². The molecule has 1 aliphatic rings. The van der Waals surface area contributed by atoms with Gasteiger partial charge >= 0.3 is 0 Å². The molecular weight excluding hydrogens is 264 g/mol. The van der Waals surface area contributed by atoms with Gasteiger partial charge in [-0.15, -0.1) is 11.3 Å². The molecule has 0 aromatic carbocycles. The number of hydrogen-bond acceptors (Lipinski definition) is 3. The third-order valence-corrected chi connectivity index (χ3v) is 5.49. The van der Waals surface area contributed by atoms with Gasteiger partial charge in [-0.3, -0.25) is 4.79 Å². The summed E-state index contributed by atoms with van der Waals surface area (Å²) >= 11 is 3.60. The second-order valence-corrected chi connectivity index (χ2v) is 7.05. The molecule has 2 aromatic rings. The van der Waals surface area contributed by atoms with Gasteiger partial charge in [-0.2, -0.15) is 11.8 Å². The van der Waals surface area contributed by atoms with E-state index in [1.54, 1.807) is 11.3 Å². The molecule has 0 spiro atoms. The Morgan fingerprint density at radius 2 is 2.28 bits per heavy atom. The van der Waals surface area contributed by atoms with Gasteiger partial charge in [-0.25, -0.2) is 0 Å². The van der Waals surface area contributed by atoms with Crippen LogP contribution >= 0.6 is 23.1 Å². The normalized spacial score (nSPS) is 21.2. The summed E-state index contributed by atoms with van der Waals surface area (Å²) in [6, 6.07) is 1.94. The van der Waals surface area contributed by atoms with Gasteiger partial charge in [0.15, 0.2) is 0 Å². The molecule has 5 heteroatoms. The number of thiazole rings is 1. The SMILES string of the molecule is CC1CCN(C(=O)c2ccn3ccsc23)CCS1. The van der Waals surface area contributed by atoms with Gasteiger partial charge in [-0.05, 0) is 12.5 Å². The summed E-state index contributed by atoms with van der Waals surface area (Å²) in [5.41, 5.74) is 0.851. The molecule has 0 aliphatic carbocycles. The molecular formula is C13H16N2OS2. The van der Waals surface area contributed by atoms with Crippen molar-refractivity contribution in [2.24, 2.45) is 0 Å². The fourth-order valence-corrected chi connectivity index (χ4v) is 4.12. The summed E-state index contributed by atoms with van der Waals surface area (Å²) in [6.07, 6.45) is 5.06. The van der Waals surface area contributed by atoms with Crippen LogP contribution in [0.1, 0.15) is 23.7 Å². The van der Waals surface area contributed by atoms with Gasteiger partial charge in [0, 0.05) is 41.9 Å². The first-order valence-corrected chi connectivity index (χ1v) is 8.13. The third-order valence-electron chi connectivity index (χ3n) is 3.35. The summed E-state index contributed by atoms with van der Waals surface area (Å²) in [5, 5.41) is 2.69. The number of carbonyl (C=O) groups excluding carboxylic acids is 1. The summed E-state index contributed by atoms with van der Waals surface area (Å²) in [6.45, 7) is 4.00. The van der Waals surface area contributed by atoms with Crippen molar-refractivity contribution in [3.63, 3.8) is 0 Å². The van der Waals surface area contributed by atoms with Crippen LogP contribution in [-0.2, 0) is 0 Å². The number of hydrogen-bond donors (Lipinski definition) is 0. The molecule has 0 radical (unpaired) electrons. The molecule has 1 saturated heterocycles. The Bertz CT molecular complexity index is 560. The first-order valence-electron chi connectivity index (χ1n) is 6.21. The Kier molecular flexibility index (Phi) is 3.35. The van der Waals surface area contributed by atoms with Gasteiger partial charge < -0.3 is 9.30 Å². The molecule has 0 bridgehead atoms. The quantitative estimate of drug-likeness (QED) is 0.802. The van der Waals surface area contributed by atoms with E-state index in [0.717, 1.165) is 35.7 Å². The second-order valence-electron chi connectivity index (χ2n) is 4.61. The molecule has 3 nitrogen and oxygen atoms in total. The maximum absolute atomic E-state index is 12.5. The zero-order valence-corrected chi connectivity index (χ0v) is 12.0. The Morgan fingerprint density at radius 1 is 1.39 bits per heavy atom. The third kappa shape index (κ3) is 2.17. The van der Waals surface area contributed by atoms with E-state index < -0.39 is 0 Å². The number of amides is 1. The number of rotatable bonds is 1. The van der Waals surface area contributed by atoms with E-state index in [1.165, 1.54) is 0 Å². The standard InChI is InChI=1S/C13H16N2OS2/c1-10-2-4-14(6-8-17-10)12(16)11-3-5-15-7-9-18-13(11)15/h3,5,7,9-10H,2,4,6,8H2,1H3. The molecule has 3 heterocycles. The van der Waals surface area contributed by atoms with Crippen molar-refractivity contribution in [1.82, 2.24) is 9.30 Å². The van der Waals surface area contributed by atoms with Crippen LogP contribution in [0, 0.1) is 0 Å². The zero-order valence-electron chi connectivity index (χ0n) is 10.3. The van der Waals surface area contributed by atoms with Crippen molar-refractivity contribution in [1.29, 1.82) is 0 Å². The minimum atomic E-state index is 0.189. The van der Waals surface area contributed by atoms with Crippen molar-refractivity contribution < 1.29 is 4.79 Å². The molecule has 3 rings (SSSR count). The number of fused-ring (bicyclic) bond motifs is 1. The predicted molar refractivity (Wildman–Crippen MR) is 77.7 cm³/mol. The van der Waals surface area contributed by atoms with E-state index in [2.05, 4.69) is 6.92 Å². The minimum absolute atomic E-state index is 0.189. The highest BCUT2D eigenvalue weighted by Crippen LogP contribution is 2.23.